The summed E-state index contributed by atoms with van der Waals surface area (Å²) < 4.78 is 10.9. The molecule has 2 aromatic rings. The monoisotopic (exact) mass is 374 g/mol. The summed E-state index contributed by atoms with van der Waals surface area (Å²) in [5.74, 6) is -0.288. The van der Waals surface area contributed by atoms with E-state index in [2.05, 4.69) is 10.2 Å². The van der Waals surface area contributed by atoms with Gasteiger partial charge in [0.1, 0.15) is 12.2 Å². The Hall–Kier alpha value is -2.29. The van der Waals surface area contributed by atoms with Gasteiger partial charge in [-0.1, -0.05) is 17.7 Å². The zero-order valence-corrected chi connectivity index (χ0v) is 16.3. The summed E-state index contributed by atoms with van der Waals surface area (Å²) in [4.78, 5) is 16.2. The van der Waals surface area contributed by atoms with Gasteiger partial charge in [-0.3, -0.25) is 4.79 Å². The van der Waals surface area contributed by atoms with Crippen molar-refractivity contribution in [3.63, 3.8) is 0 Å². The molecular formula is C19H26N4O4. The number of nitrogens with zero attached hydrogens (tertiary/aromatic N) is 4. The summed E-state index contributed by atoms with van der Waals surface area (Å²) in [6, 6.07) is 5.48. The Morgan fingerprint density at radius 2 is 1.96 bits per heavy atom. The van der Waals surface area contributed by atoms with Crippen LogP contribution >= 0.6 is 0 Å². The zero-order valence-electron chi connectivity index (χ0n) is 16.3. The number of hydrogen-bond acceptors (Lipinski definition) is 6. The number of hydrogen-bond donors (Lipinski definition) is 1. The Balaban J connectivity index is 1.92. The maximum absolute atomic E-state index is 13.1. The van der Waals surface area contributed by atoms with Gasteiger partial charge < -0.3 is 19.5 Å². The predicted octanol–water partition coefficient (Wildman–Crippen LogP) is 1.04. The van der Waals surface area contributed by atoms with Crippen LogP contribution in [-0.2, 0) is 9.47 Å². The molecular weight excluding hydrogens is 348 g/mol. The third kappa shape index (κ3) is 3.47. The van der Waals surface area contributed by atoms with E-state index in [0.717, 1.165) is 16.8 Å². The Kier molecular flexibility index (Phi) is 5.59. The molecule has 146 valence electrons. The summed E-state index contributed by atoms with van der Waals surface area (Å²) in [7, 11) is 3.12. The molecule has 3 atom stereocenters. The minimum absolute atomic E-state index is 0.214. The Morgan fingerprint density at radius 3 is 2.56 bits per heavy atom. The van der Waals surface area contributed by atoms with Crippen LogP contribution < -0.4 is 0 Å². The molecule has 1 aliphatic rings. The number of benzene rings is 1. The van der Waals surface area contributed by atoms with Crippen LogP contribution in [0.1, 0.15) is 27.3 Å². The van der Waals surface area contributed by atoms with Crippen LogP contribution in [-0.4, -0.2) is 76.5 Å². The molecule has 0 radical (unpaired) electrons. The van der Waals surface area contributed by atoms with Crippen LogP contribution in [0.25, 0.3) is 5.69 Å². The lowest BCUT2D eigenvalue weighted by Gasteiger charge is -2.25. The second kappa shape index (κ2) is 7.75. The van der Waals surface area contributed by atoms with E-state index in [4.69, 9.17) is 9.47 Å². The molecule has 2 heterocycles. The summed E-state index contributed by atoms with van der Waals surface area (Å²) >= 11 is 0. The van der Waals surface area contributed by atoms with Crippen LogP contribution in [0.3, 0.4) is 0 Å². The van der Waals surface area contributed by atoms with Gasteiger partial charge in [0, 0.05) is 14.2 Å². The van der Waals surface area contributed by atoms with E-state index >= 15 is 0 Å². The first-order valence-electron chi connectivity index (χ1n) is 8.90. The van der Waals surface area contributed by atoms with Gasteiger partial charge in [-0.25, -0.2) is 0 Å². The number of aliphatic hydroxyl groups is 1. The summed E-state index contributed by atoms with van der Waals surface area (Å²) in [5, 5.41) is 18.7. The van der Waals surface area contributed by atoms with Crippen molar-refractivity contribution in [2.45, 2.75) is 39.0 Å². The van der Waals surface area contributed by atoms with Gasteiger partial charge in [0.05, 0.1) is 30.6 Å². The summed E-state index contributed by atoms with van der Waals surface area (Å²) in [6.07, 6.45) is -0.690. The molecule has 0 saturated carbocycles. The number of ether oxygens (including phenoxy) is 2. The number of aliphatic hydroxyl groups excluding tert-OH is 1. The zero-order chi connectivity index (χ0) is 19.7. The molecule has 1 aromatic heterocycles. The van der Waals surface area contributed by atoms with Gasteiger partial charge in [0.15, 0.2) is 5.69 Å². The molecule has 0 aliphatic carbocycles. The van der Waals surface area contributed by atoms with Gasteiger partial charge in [-0.05, 0) is 32.4 Å². The lowest BCUT2D eigenvalue weighted by Crippen LogP contribution is -2.43. The van der Waals surface area contributed by atoms with Crippen molar-refractivity contribution in [3.05, 3.63) is 40.7 Å². The van der Waals surface area contributed by atoms with Gasteiger partial charge in [0.2, 0.25) is 0 Å². The highest BCUT2D eigenvalue weighted by atomic mass is 16.5. The third-order valence-electron chi connectivity index (χ3n) is 5.10. The van der Waals surface area contributed by atoms with Gasteiger partial charge in [-0.15, -0.1) is 5.10 Å². The second-order valence-electron chi connectivity index (χ2n) is 6.90. The number of aromatic nitrogens is 3. The fourth-order valence-corrected chi connectivity index (χ4v) is 3.66. The molecule has 8 heteroatoms. The maximum Gasteiger partial charge on any atom is 0.276 e. The van der Waals surface area contributed by atoms with E-state index in [1.807, 2.05) is 32.0 Å². The van der Waals surface area contributed by atoms with Crippen molar-refractivity contribution in [3.8, 4) is 5.69 Å². The molecule has 1 aliphatic heterocycles. The fraction of sp³-hybridized carbons (Fsp3) is 0.526. The van der Waals surface area contributed by atoms with Crippen molar-refractivity contribution in [2.75, 3.05) is 27.4 Å². The minimum Gasteiger partial charge on any atom is -0.394 e. The second-order valence-corrected chi connectivity index (χ2v) is 6.90. The smallest absolute Gasteiger partial charge is 0.276 e. The van der Waals surface area contributed by atoms with Gasteiger partial charge >= 0.3 is 0 Å². The highest BCUT2D eigenvalue weighted by Gasteiger charge is 2.45. The molecule has 1 fully saturated rings. The lowest BCUT2D eigenvalue weighted by atomic mass is 10.1. The van der Waals surface area contributed by atoms with E-state index < -0.39 is 12.1 Å². The molecule has 27 heavy (non-hydrogen) atoms. The largest absolute Gasteiger partial charge is 0.394 e. The Morgan fingerprint density at radius 1 is 1.22 bits per heavy atom. The summed E-state index contributed by atoms with van der Waals surface area (Å²) in [6.45, 7) is 5.88. The van der Waals surface area contributed by atoms with Gasteiger partial charge in [-0.2, -0.15) is 9.90 Å². The van der Waals surface area contributed by atoms with E-state index in [1.165, 1.54) is 4.80 Å². The van der Waals surface area contributed by atoms with Crippen molar-refractivity contribution in [1.82, 2.24) is 19.9 Å². The molecule has 3 rings (SSSR count). The number of carbonyl (C=O) groups excluding carboxylic acids is 1. The number of likely N-dealkylation sites (tertiary alicyclic amines) is 1. The highest BCUT2D eigenvalue weighted by Crippen LogP contribution is 2.25. The standard InChI is InChI=1S/C19H26N4O4/c1-11-6-7-14(12(2)8-11)23-20-13(3)17(21-23)19(25)22-9-16(26-4)18(27-5)15(22)10-24/h6-8,15-16,18,24H,9-10H2,1-5H3/t15-,16+,18-/m0/s1. The normalized spacial score (nSPS) is 22.4. The lowest BCUT2D eigenvalue weighted by molar-refractivity contribution is -0.0274. The highest BCUT2D eigenvalue weighted by molar-refractivity contribution is 5.93. The van der Waals surface area contributed by atoms with Crippen molar-refractivity contribution in [2.24, 2.45) is 0 Å². The average molecular weight is 374 g/mol. The van der Waals surface area contributed by atoms with Crippen LogP contribution in [0.15, 0.2) is 18.2 Å². The minimum atomic E-state index is -0.488. The molecule has 1 N–H and O–H groups in total. The molecule has 1 aromatic carbocycles. The topological polar surface area (TPSA) is 89.7 Å². The molecule has 1 saturated heterocycles. The number of methoxy groups -OCH3 is 2. The molecule has 0 spiro atoms. The number of rotatable bonds is 5. The SMILES string of the molecule is CO[C@@H]1[C@H](OC)CN(C(=O)c2nn(-c3ccc(C)cc3C)nc2C)[C@H]1CO. The molecule has 0 unspecified atom stereocenters. The maximum atomic E-state index is 13.1. The van der Waals surface area contributed by atoms with Crippen molar-refractivity contribution >= 4 is 5.91 Å². The van der Waals surface area contributed by atoms with E-state index in [1.54, 1.807) is 26.0 Å². The first-order valence-corrected chi connectivity index (χ1v) is 8.90. The average Bonchev–Trinajstić information content (AvgIpc) is 3.20. The Labute approximate surface area is 158 Å². The van der Waals surface area contributed by atoms with E-state index in [9.17, 15) is 9.90 Å². The van der Waals surface area contributed by atoms with Crippen molar-refractivity contribution < 1.29 is 19.4 Å². The van der Waals surface area contributed by atoms with E-state index in [0.29, 0.717) is 12.2 Å². The number of aryl methyl sites for hydroxylation is 3. The predicted molar refractivity (Wildman–Crippen MR) is 99.1 cm³/mol. The van der Waals surface area contributed by atoms with Crippen LogP contribution in [0, 0.1) is 20.8 Å². The number of amides is 1. The number of carbonyl (C=O) groups is 1. The Bertz CT molecular complexity index is 835. The fourth-order valence-electron chi connectivity index (χ4n) is 3.66. The first kappa shape index (κ1) is 19.5. The van der Waals surface area contributed by atoms with Crippen molar-refractivity contribution in [1.29, 1.82) is 0 Å². The van der Waals surface area contributed by atoms with Gasteiger partial charge in [0.25, 0.3) is 5.91 Å². The van der Waals surface area contributed by atoms with E-state index in [-0.39, 0.29) is 24.3 Å². The van der Waals surface area contributed by atoms with Crippen LogP contribution in [0.4, 0.5) is 0 Å². The molecule has 8 nitrogen and oxygen atoms in total. The third-order valence-corrected chi connectivity index (χ3v) is 5.10. The van der Waals surface area contributed by atoms with Crippen LogP contribution in [0.5, 0.6) is 0 Å². The molecule has 1 amide bonds. The quantitative estimate of drug-likeness (QED) is 0.841. The van der Waals surface area contributed by atoms with Crippen LogP contribution in [0.2, 0.25) is 0 Å². The molecule has 0 bridgehead atoms. The first-order chi connectivity index (χ1) is 12.9. The summed E-state index contributed by atoms with van der Waals surface area (Å²) in [5.41, 5.74) is 3.80.